The fraction of sp³-hybridized carbons (Fsp3) is 0.667. The highest BCUT2D eigenvalue weighted by Gasteiger charge is 2.14. The summed E-state index contributed by atoms with van der Waals surface area (Å²) in [6.45, 7) is 6.80. The molecule has 0 spiro atoms. The van der Waals surface area contributed by atoms with Crippen LogP contribution in [0.2, 0.25) is 0 Å². The van der Waals surface area contributed by atoms with Crippen LogP contribution < -0.4 is 10.2 Å². The largest absolute Gasteiger partial charge is 0.383 e. The van der Waals surface area contributed by atoms with Crippen LogP contribution in [0.1, 0.15) is 13.8 Å². The van der Waals surface area contributed by atoms with Crippen molar-refractivity contribution < 1.29 is 4.74 Å². The average molecular weight is 317 g/mol. The average Bonchev–Trinajstić information content (AvgIpc) is 2.35. The summed E-state index contributed by atoms with van der Waals surface area (Å²) in [5, 5.41) is 2.96. The number of rotatable bonds is 7. The molecule has 1 aromatic heterocycles. The fourth-order valence-electron chi connectivity index (χ4n) is 1.63. The van der Waals surface area contributed by atoms with Crippen LogP contribution in [0.3, 0.4) is 0 Å². The van der Waals surface area contributed by atoms with Crippen LogP contribution in [0.4, 0.5) is 11.8 Å². The van der Waals surface area contributed by atoms with Gasteiger partial charge in [0, 0.05) is 33.4 Å². The number of nitrogens with zero attached hydrogens (tertiary/aromatic N) is 3. The van der Waals surface area contributed by atoms with Crippen LogP contribution in [0.25, 0.3) is 0 Å². The van der Waals surface area contributed by atoms with Gasteiger partial charge in [0.2, 0.25) is 5.95 Å². The molecule has 1 heterocycles. The third-order valence-corrected chi connectivity index (χ3v) is 2.96. The van der Waals surface area contributed by atoms with Gasteiger partial charge in [0.05, 0.1) is 11.1 Å². The molecule has 0 unspecified atom stereocenters. The molecule has 0 aliphatic carbocycles. The van der Waals surface area contributed by atoms with Gasteiger partial charge < -0.3 is 15.0 Å². The molecule has 0 fully saturated rings. The normalized spacial score (nSPS) is 10.8. The molecule has 0 atom stereocenters. The number of halogens is 1. The monoisotopic (exact) mass is 316 g/mol. The summed E-state index contributed by atoms with van der Waals surface area (Å²) in [5.41, 5.74) is 0. The van der Waals surface area contributed by atoms with Crippen LogP contribution >= 0.6 is 15.9 Å². The molecule has 0 radical (unpaired) electrons. The maximum absolute atomic E-state index is 5.16. The Hall–Kier alpha value is -0.880. The topological polar surface area (TPSA) is 50.3 Å². The van der Waals surface area contributed by atoms with E-state index in [0.29, 0.717) is 18.5 Å². The van der Waals surface area contributed by atoms with Gasteiger partial charge in [0.1, 0.15) is 5.82 Å². The van der Waals surface area contributed by atoms with Gasteiger partial charge in [0.15, 0.2) is 0 Å². The van der Waals surface area contributed by atoms with Gasteiger partial charge in [-0.2, -0.15) is 4.98 Å². The van der Waals surface area contributed by atoms with Crippen molar-refractivity contribution in [2.24, 2.45) is 5.92 Å². The molecule has 102 valence electrons. The SMILES string of the molecule is CNc1ncc(Br)c(N(CCOC)CC(C)C)n1. The van der Waals surface area contributed by atoms with Crippen molar-refractivity contribution >= 4 is 27.7 Å². The summed E-state index contributed by atoms with van der Waals surface area (Å²) in [5.74, 6) is 2.08. The first-order chi connectivity index (χ1) is 8.58. The van der Waals surface area contributed by atoms with Crippen LogP contribution in [-0.2, 0) is 4.74 Å². The number of ether oxygens (including phenoxy) is 1. The Bertz CT molecular complexity index is 373. The molecule has 0 bridgehead atoms. The molecule has 5 nitrogen and oxygen atoms in total. The van der Waals surface area contributed by atoms with Gasteiger partial charge in [-0.15, -0.1) is 0 Å². The van der Waals surface area contributed by atoms with Crippen molar-refractivity contribution in [2.75, 3.05) is 44.1 Å². The first-order valence-corrected chi connectivity index (χ1v) is 6.82. The highest BCUT2D eigenvalue weighted by Crippen LogP contribution is 2.24. The van der Waals surface area contributed by atoms with E-state index in [2.05, 4.69) is 50.0 Å². The molecule has 6 heteroatoms. The van der Waals surface area contributed by atoms with E-state index >= 15 is 0 Å². The first-order valence-electron chi connectivity index (χ1n) is 6.02. The maximum atomic E-state index is 5.16. The number of hydrogen-bond donors (Lipinski definition) is 1. The number of anilines is 2. The lowest BCUT2D eigenvalue weighted by molar-refractivity contribution is 0.204. The summed E-state index contributed by atoms with van der Waals surface area (Å²) >= 11 is 3.51. The molecule has 18 heavy (non-hydrogen) atoms. The molecule has 1 rings (SSSR count). The maximum Gasteiger partial charge on any atom is 0.224 e. The Kier molecular flexibility index (Phi) is 6.35. The molecule has 1 N–H and O–H groups in total. The predicted octanol–water partition coefficient (Wildman–Crippen LogP) is 2.39. The number of hydrogen-bond acceptors (Lipinski definition) is 5. The number of aromatic nitrogens is 2. The number of methoxy groups -OCH3 is 1. The highest BCUT2D eigenvalue weighted by molar-refractivity contribution is 9.10. The fourth-order valence-corrected chi connectivity index (χ4v) is 2.07. The Morgan fingerprint density at radius 3 is 2.78 bits per heavy atom. The van der Waals surface area contributed by atoms with E-state index < -0.39 is 0 Å². The van der Waals surface area contributed by atoms with E-state index in [1.165, 1.54) is 0 Å². The Balaban J connectivity index is 2.94. The summed E-state index contributed by atoms with van der Waals surface area (Å²) in [6, 6.07) is 0. The van der Waals surface area contributed by atoms with Crippen LogP contribution in [0.15, 0.2) is 10.7 Å². The van der Waals surface area contributed by atoms with Crippen molar-refractivity contribution in [1.82, 2.24) is 9.97 Å². The lowest BCUT2D eigenvalue weighted by atomic mass is 10.2. The Morgan fingerprint density at radius 2 is 2.22 bits per heavy atom. The highest BCUT2D eigenvalue weighted by atomic mass is 79.9. The summed E-state index contributed by atoms with van der Waals surface area (Å²) in [4.78, 5) is 10.9. The van der Waals surface area contributed by atoms with E-state index in [1.54, 1.807) is 13.3 Å². The van der Waals surface area contributed by atoms with Gasteiger partial charge in [-0.25, -0.2) is 4.98 Å². The van der Waals surface area contributed by atoms with E-state index in [4.69, 9.17) is 4.74 Å². The smallest absolute Gasteiger partial charge is 0.224 e. The minimum Gasteiger partial charge on any atom is -0.383 e. The van der Waals surface area contributed by atoms with Gasteiger partial charge in [-0.3, -0.25) is 0 Å². The van der Waals surface area contributed by atoms with Crippen molar-refractivity contribution in [1.29, 1.82) is 0 Å². The third-order valence-electron chi connectivity index (χ3n) is 2.40. The molecule has 1 aromatic rings. The van der Waals surface area contributed by atoms with Crippen molar-refractivity contribution in [3.8, 4) is 0 Å². The second-order valence-electron chi connectivity index (χ2n) is 4.45. The quantitative estimate of drug-likeness (QED) is 0.837. The van der Waals surface area contributed by atoms with Crippen LogP contribution in [0, 0.1) is 5.92 Å². The zero-order valence-electron chi connectivity index (χ0n) is 11.4. The van der Waals surface area contributed by atoms with Crippen LogP contribution in [0.5, 0.6) is 0 Å². The Labute approximate surface area is 117 Å². The lowest BCUT2D eigenvalue weighted by Gasteiger charge is -2.26. The second kappa shape index (κ2) is 7.53. The summed E-state index contributed by atoms with van der Waals surface area (Å²) in [7, 11) is 3.52. The van der Waals surface area contributed by atoms with E-state index in [9.17, 15) is 0 Å². The number of nitrogens with one attached hydrogen (secondary N) is 1. The van der Waals surface area contributed by atoms with Crippen molar-refractivity contribution in [3.63, 3.8) is 0 Å². The van der Waals surface area contributed by atoms with E-state index in [1.807, 2.05) is 7.05 Å². The molecular formula is C12H21BrN4O. The van der Waals surface area contributed by atoms with E-state index in [0.717, 1.165) is 23.4 Å². The molecule has 0 aliphatic heterocycles. The molecule has 0 aliphatic rings. The van der Waals surface area contributed by atoms with Crippen LogP contribution in [-0.4, -0.2) is 43.8 Å². The van der Waals surface area contributed by atoms with Gasteiger partial charge in [-0.1, -0.05) is 13.8 Å². The van der Waals surface area contributed by atoms with Crippen molar-refractivity contribution in [2.45, 2.75) is 13.8 Å². The van der Waals surface area contributed by atoms with Gasteiger partial charge in [-0.05, 0) is 21.8 Å². The minimum atomic E-state index is 0.557. The minimum absolute atomic E-state index is 0.557. The molecule has 0 aromatic carbocycles. The summed E-state index contributed by atoms with van der Waals surface area (Å²) in [6.07, 6.45) is 1.77. The lowest BCUT2D eigenvalue weighted by Crippen LogP contribution is -2.32. The Morgan fingerprint density at radius 1 is 1.50 bits per heavy atom. The molecule has 0 amide bonds. The van der Waals surface area contributed by atoms with Gasteiger partial charge >= 0.3 is 0 Å². The third kappa shape index (κ3) is 4.42. The van der Waals surface area contributed by atoms with E-state index in [-0.39, 0.29) is 0 Å². The predicted molar refractivity (Wildman–Crippen MR) is 78.2 cm³/mol. The zero-order chi connectivity index (χ0) is 13.5. The summed E-state index contributed by atoms with van der Waals surface area (Å²) < 4.78 is 6.06. The van der Waals surface area contributed by atoms with Gasteiger partial charge in [0.25, 0.3) is 0 Å². The standard InChI is InChI=1S/C12H21BrN4O/c1-9(2)8-17(5-6-18-4)11-10(13)7-15-12(14-3)16-11/h7,9H,5-6,8H2,1-4H3,(H,14,15,16). The molecular weight excluding hydrogens is 296 g/mol. The van der Waals surface area contributed by atoms with Crippen molar-refractivity contribution in [3.05, 3.63) is 10.7 Å². The molecule has 0 saturated carbocycles. The first kappa shape index (κ1) is 15.2. The second-order valence-corrected chi connectivity index (χ2v) is 5.30. The molecule has 0 saturated heterocycles. The zero-order valence-corrected chi connectivity index (χ0v) is 13.0.